The van der Waals surface area contributed by atoms with Crippen molar-refractivity contribution in [3.05, 3.63) is 60.2 Å². The Labute approximate surface area is 172 Å². The molecule has 0 aromatic heterocycles. The summed E-state index contributed by atoms with van der Waals surface area (Å²) in [7, 11) is 0. The molecule has 1 aliphatic heterocycles. The fraction of sp³-hybridized carbons (Fsp3) is 0.304. The molecule has 6 heteroatoms. The highest BCUT2D eigenvalue weighted by Gasteiger charge is 2.20. The Kier molecular flexibility index (Phi) is 7.12. The van der Waals surface area contributed by atoms with Gasteiger partial charge in [0, 0.05) is 49.7 Å². The minimum atomic E-state index is -0.169. The van der Waals surface area contributed by atoms with Crippen molar-refractivity contribution in [1.29, 1.82) is 0 Å². The molecule has 0 radical (unpaired) electrons. The second-order valence-electron chi connectivity index (χ2n) is 6.75. The van der Waals surface area contributed by atoms with Gasteiger partial charge in [-0.2, -0.15) is 0 Å². The molecule has 0 aliphatic carbocycles. The maximum absolute atomic E-state index is 12.3. The maximum atomic E-state index is 12.3. The van der Waals surface area contributed by atoms with Crippen LogP contribution in [0.2, 0.25) is 0 Å². The molecule has 1 amide bonds. The Morgan fingerprint density at radius 1 is 1.10 bits per heavy atom. The van der Waals surface area contributed by atoms with Gasteiger partial charge in [0.1, 0.15) is 6.54 Å². The largest absolute Gasteiger partial charge is 0.368 e. The number of anilines is 2. The standard InChI is InChI=1S/C23H27N5O/c1-3-19-9-8-10-20(17-19)26-22(29)18-25-23(24-4-2)28-15-13-27(14-16-28)21-11-6-5-7-12-21/h1,5-12,17H,4,13-16,18H2,2H3,(H,24,25)(H,26,29). The Morgan fingerprint density at radius 2 is 1.86 bits per heavy atom. The molecule has 2 aromatic rings. The van der Waals surface area contributed by atoms with Gasteiger partial charge >= 0.3 is 0 Å². The molecule has 2 aromatic carbocycles. The summed E-state index contributed by atoms with van der Waals surface area (Å²) in [4.78, 5) is 21.4. The van der Waals surface area contributed by atoms with E-state index in [9.17, 15) is 4.79 Å². The minimum absolute atomic E-state index is 0.0571. The first-order valence-corrected chi connectivity index (χ1v) is 9.89. The topological polar surface area (TPSA) is 60.0 Å². The van der Waals surface area contributed by atoms with Crippen molar-refractivity contribution < 1.29 is 4.79 Å². The highest BCUT2D eigenvalue weighted by molar-refractivity contribution is 5.94. The first-order valence-electron chi connectivity index (χ1n) is 9.89. The highest BCUT2D eigenvalue weighted by atomic mass is 16.1. The van der Waals surface area contributed by atoms with Crippen molar-refractivity contribution in [2.24, 2.45) is 4.99 Å². The van der Waals surface area contributed by atoms with Gasteiger partial charge in [0.2, 0.25) is 5.91 Å². The van der Waals surface area contributed by atoms with Crippen LogP contribution in [-0.4, -0.2) is 56.0 Å². The third-order valence-electron chi connectivity index (χ3n) is 4.72. The lowest BCUT2D eigenvalue weighted by molar-refractivity contribution is -0.114. The van der Waals surface area contributed by atoms with E-state index in [0.717, 1.165) is 44.2 Å². The van der Waals surface area contributed by atoms with E-state index in [-0.39, 0.29) is 12.5 Å². The van der Waals surface area contributed by atoms with E-state index in [1.807, 2.05) is 31.2 Å². The molecule has 1 aliphatic rings. The SMILES string of the molecule is C#Cc1cccc(NC(=O)CN=C(NCC)N2CCN(c3ccccc3)CC2)c1. The Balaban J connectivity index is 1.57. The van der Waals surface area contributed by atoms with Gasteiger partial charge in [0.05, 0.1) is 0 Å². The van der Waals surface area contributed by atoms with E-state index in [4.69, 9.17) is 6.42 Å². The molecule has 1 heterocycles. The zero-order valence-corrected chi connectivity index (χ0v) is 16.8. The second kappa shape index (κ2) is 10.2. The summed E-state index contributed by atoms with van der Waals surface area (Å²) >= 11 is 0. The molecule has 2 N–H and O–H groups in total. The summed E-state index contributed by atoms with van der Waals surface area (Å²) in [5.41, 5.74) is 2.65. The lowest BCUT2D eigenvalue weighted by atomic mass is 10.2. The van der Waals surface area contributed by atoms with Gasteiger partial charge in [-0.3, -0.25) is 4.79 Å². The van der Waals surface area contributed by atoms with Crippen LogP contribution >= 0.6 is 0 Å². The summed E-state index contributed by atoms with van der Waals surface area (Å²) in [6, 6.07) is 17.7. The van der Waals surface area contributed by atoms with Gasteiger partial charge in [-0.05, 0) is 37.3 Å². The number of piperazine rings is 1. The van der Waals surface area contributed by atoms with Gasteiger partial charge in [-0.15, -0.1) is 6.42 Å². The summed E-state index contributed by atoms with van der Waals surface area (Å²) in [5.74, 6) is 3.17. The number of amides is 1. The van der Waals surface area contributed by atoms with E-state index in [1.54, 1.807) is 6.07 Å². The number of nitrogens with one attached hydrogen (secondary N) is 2. The van der Waals surface area contributed by atoms with Crippen molar-refractivity contribution >= 4 is 23.2 Å². The fourth-order valence-electron chi connectivity index (χ4n) is 3.28. The number of guanidine groups is 1. The Hall–Kier alpha value is -3.46. The lowest BCUT2D eigenvalue weighted by Crippen LogP contribution is -2.52. The number of aliphatic imine (C=N–C) groups is 1. The molecule has 0 spiro atoms. The predicted molar refractivity (Wildman–Crippen MR) is 119 cm³/mol. The summed E-state index contributed by atoms with van der Waals surface area (Å²) in [6.45, 7) is 6.38. The second-order valence-corrected chi connectivity index (χ2v) is 6.75. The van der Waals surface area contributed by atoms with Gasteiger partial charge in [0.25, 0.3) is 0 Å². The number of nitrogens with zero attached hydrogens (tertiary/aromatic N) is 3. The van der Waals surface area contributed by atoms with Crippen LogP contribution in [0.4, 0.5) is 11.4 Å². The lowest BCUT2D eigenvalue weighted by Gasteiger charge is -2.37. The number of hydrogen-bond acceptors (Lipinski definition) is 3. The zero-order valence-electron chi connectivity index (χ0n) is 16.8. The minimum Gasteiger partial charge on any atom is -0.368 e. The van der Waals surface area contributed by atoms with E-state index in [0.29, 0.717) is 5.69 Å². The van der Waals surface area contributed by atoms with Crippen LogP contribution in [0.5, 0.6) is 0 Å². The zero-order chi connectivity index (χ0) is 20.5. The van der Waals surface area contributed by atoms with E-state index < -0.39 is 0 Å². The van der Waals surface area contributed by atoms with Crippen LogP contribution in [0, 0.1) is 12.3 Å². The van der Waals surface area contributed by atoms with Crippen molar-refractivity contribution in [2.75, 3.05) is 49.5 Å². The van der Waals surface area contributed by atoms with E-state index in [1.165, 1.54) is 5.69 Å². The van der Waals surface area contributed by atoms with Crippen LogP contribution in [-0.2, 0) is 4.79 Å². The molecule has 1 fully saturated rings. The third-order valence-corrected chi connectivity index (χ3v) is 4.72. The highest BCUT2D eigenvalue weighted by Crippen LogP contribution is 2.15. The molecule has 0 atom stereocenters. The average Bonchev–Trinajstić information content (AvgIpc) is 2.77. The molecule has 1 saturated heterocycles. The first kappa shape index (κ1) is 20.3. The normalized spacial score (nSPS) is 14.3. The van der Waals surface area contributed by atoms with Crippen LogP contribution < -0.4 is 15.5 Å². The number of hydrogen-bond donors (Lipinski definition) is 2. The van der Waals surface area contributed by atoms with Crippen molar-refractivity contribution in [3.63, 3.8) is 0 Å². The fourth-order valence-corrected chi connectivity index (χ4v) is 3.28. The van der Waals surface area contributed by atoms with Crippen LogP contribution in [0.1, 0.15) is 12.5 Å². The van der Waals surface area contributed by atoms with E-state index in [2.05, 4.69) is 55.6 Å². The Morgan fingerprint density at radius 3 is 2.55 bits per heavy atom. The number of carbonyl (C=O) groups excluding carboxylic acids is 1. The quantitative estimate of drug-likeness (QED) is 0.468. The van der Waals surface area contributed by atoms with Crippen molar-refractivity contribution in [3.8, 4) is 12.3 Å². The van der Waals surface area contributed by atoms with Crippen LogP contribution in [0.15, 0.2) is 59.6 Å². The number of carbonyl (C=O) groups is 1. The third kappa shape index (κ3) is 5.76. The van der Waals surface area contributed by atoms with Gasteiger partial charge < -0.3 is 20.4 Å². The summed E-state index contributed by atoms with van der Waals surface area (Å²) in [6.07, 6.45) is 5.41. The number of rotatable bonds is 5. The number of benzene rings is 2. The molecule has 3 rings (SSSR count). The number of terminal acetylenes is 1. The summed E-state index contributed by atoms with van der Waals surface area (Å²) < 4.78 is 0. The van der Waals surface area contributed by atoms with Crippen LogP contribution in [0.3, 0.4) is 0 Å². The predicted octanol–water partition coefficient (Wildman–Crippen LogP) is 2.39. The van der Waals surface area contributed by atoms with Crippen molar-refractivity contribution in [1.82, 2.24) is 10.2 Å². The smallest absolute Gasteiger partial charge is 0.246 e. The molecule has 150 valence electrons. The van der Waals surface area contributed by atoms with Gasteiger partial charge in [0.15, 0.2) is 5.96 Å². The molecular formula is C23H27N5O. The van der Waals surface area contributed by atoms with Crippen molar-refractivity contribution in [2.45, 2.75) is 6.92 Å². The number of para-hydroxylation sites is 1. The Bertz CT molecular complexity index is 880. The molecular weight excluding hydrogens is 362 g/mol. The van der Waals surface area contributed by atoms with Gasteiger partial charge in [-0.25, -0.2) is 4.99 Å². The average molecular weight is 390 g/mol. The van der Waals surface area contributed by atoms with Crippen LogP contribution in [0.25, 0.3) is 0 Å². The molecule has 29 heavy (non-hydrogen) atoms. The summed E-state index contributed by atoms with van der Waals surface area (Å²) in [5, 5.41) is 6.14. The molecule has 0 bridgehead atoms. The maximum Gasteiger partial charge on any atom is 0.246 e. The van der Waals surface area contributed by atoms with E-state index >= 15 is 0 Å². The molecule has 6 nitrogen and oxygen atoms in total. The monoisotopic (exact) mass is 389 g/mol. The van der Waals surface area contributed by atoms with Gasteiger partial charge in [-0.1, -0.05) is 30.2 Å². The molecule has 0 saturated carbocycles. The first-order chi connectivity index (χ1) is 14.2. The molecule has 0 unspecified atom stereocenters.